The maximum absolute atomic E-state index is 12.8. The molecule has 0 aliphatic heterocycles. The Hall–Kier alpha value is -0.890. The number of aromatic nitrogens is 2. The molecule has 0 unspecified atom stereocenters. The third kappa shape index (κ3) is 2.75. The topological polar surface area (TPSA) is 64.3 Å². The average molecular weight is 326 g/mol. The fraction of sp³-hybridized carbons (Fsp3) is 0.571. The Bertz CT molecular complexity index is 708. The second-order valence-electron chi connectivity index (χ2n) is 4.95. The van der Waals surface area contributed by atoms with Crippen molar-refractivity contribution < 1.29 is 9.84 Å². The number of fused-ring (bicyclic) bond motifs is 3. The number of thioether (sulfide) groups is 1. The van der Waals surface area contributed by atoms with Crippen molar-refractivity contribution in [2.75, 3.05) is 26.1 Å². The van der Waals surface area contributed by atoms with Crippen LogP contribution in [0.1, 0.15) is 16.9 Å². The van der Waals surface area contributed by atoms with Gasteiger partial charge >= 0.3 is 0 Å². The smallest absolute Gasteiger partial charge is 0.263 e. The summed E-state index contributed by atoms with van der Waals surface area (Å²) in [5.41, 5.74) is 1.24. The van der Waals surface area contributed by atoms with Crippen LogP contribution in [0.5, 0.6) is 0 Å². The highest BCUT2D eigenvalue weighted by Crippen LogP contribution is 2.35. The van der Waals surface area contributed by atoms with E-state index in [0.717, 1.165) is 29.5 Å². The Morgan fingerprint density at radius 2 is 2.33 bits per heavy atom. The number of ether oxygens (including phenoxy) is 1. The molecule has 0 aromatic carbocycles. The largest absolute Gasteiger partial charge is 0.396 e. The van der Waals surface area contributed by atoms with Crippen molar-refractivity contribution in [1.82, 2.24) is 9.55 Å². The fourth-order valence-electron chi connectivity index (χ4n) is 2.69. The van der Waals surface area contributed by atoms with E-state index in [9.17, 15) is 4.79 Å². The first-order valence-electron chi connectivity index (χ1n) is 7.04. The lowest BCUT2D eigenvalue weighted by Crippen LogP contribution is -2.25. The number of nitrogens with zero attached hydrogens (tertiary/aromatic N) is 2. The molecule has 114 valence electrons. The van der Waals surface area contributed by atoms with E-state index in [2.05, 4.69) is 4.98 Å². The second kappa shape index (κ2) is 6.48. The minimum atomic E-state index is 0.0388. The third-order valence-corrected chi connectivity index (χ3v) is 5.77. The Kier molecular flexibility index (Phi) is 4.63. The van der Waals surface area contributed by atoms with E-state index in [4.69, 9.17) is 9.84 Å². The lowest BCUT2D eigenvalue weighted by atomic mass is 10.2. The summed E-state index contributed by atoms with van der Waals surface area (Å²) < 4.78 is 6.79. The molecule has 0 spiro atoms. The molecule has 1 aliphatic carbocycles. The third-order valence-electron chi connectivity index (χ3n) is 3.63. The molecule has 3 rings (SSSR count). The molecule has 0 atom stereocenters. The van der Waals surface area contributed by atoms with Gasteiger partial charge < -0.3 is 9.84 Å². The van der Waals surface area contributed by atoms with Gasteiger partial charge in [0, 0.05) is 17.7 Å². The first kappa shape index (κ1) is 15.0. The maximum Gasteiger partial charge on any atom is 0.263 e. The molecule has 0 fully saturated rings. The van der Waals surface area contributed by atoms with Crippen LogP contribution in [0.2, 0.25) is 0 Å². The highest BCUT2D eigenvalue weighted by Gasteiger charge is 2.23. The molecule has 2 aromatic heterocycles. The zero-order chi connectivity index (χ0) is 14.8. The van der Waals surface area contributed by atoms with E-state index in [-0.39, 0.29) is 12.2 Å². The van der Waals surface area contributed by atoms with Crippen LogP contribution in [0.25, 0.3) is 10.2 Å². The van der Waals surface area contributed by atoms with Crippen molar-refractivity contribution in [3.63, 3.8) is 0 Å². The van der Waals surface area contributed by atoms with Crippen LogP contribution in [-0.4, -0.2) is 40.7 Å². The van der Waals surface area contributed by atoms with E-state index in [1.165, 1.54) is 22.2 Å². The SMILES string of the molecule is COCCn1c(SCCO)nc2sc3c(c2c1=O)CCC3. The molecule has 21 heavy (non-hydrogen) atoms. The zero-order valence-electron chi connectivity index (χ0n) is 11.9. The van der Waals surface area contributed by atoms with Crippen molar-refractivity contribution >= 4 is 33.3 Å². The standard InChI is InChI=1S/C14H18N2O3S2/c1-19-7-5-16-13(18)11-9-3-2-4-10(9)21-12(11)15-14(16)20-8-6-17/h17H,2-8H2,1H3. The number of rotatable bonds is 6. The first-order chi connectivity index (χ1) is 10.3. The van der Waals surface area contributed by atoms with Crippen molar-refractivity contribution in [1.29, 1.82) is 0 Å². The van der Waals surface area contributed by atoms with Gasteiger partial charge in [-0.1, -0.05) is 11.8 Å². The summed E-state index contributed by atoms with van der Waals surface area (Å²) in [4.78, 5) is 19.7. The molecule has 2 heterocycles. The first-order valence-corrected chi connectivity index (χ1v) is 8.84. The number of aliphatic hydroxyl groups excluding tert-OH is 1. The van der Waals surface area contributed by atoms with Crippen molar-refractivity contribution in [2.24, 2.45) is 0 Å². The van der Waals surface area contributed by atoms with Gasteiger partial charge in [0.15, 0.2) is 5.16 Å². The fourth-order valence-corrected chi connectivity index (χ4v) is 4.75. The van der Waals surface area contributed by atoms with Gasteiger partial charge in [-0.15, -0.1) is 11.3 Å². The predicted octanol–water partition coefficient (Wildman–Crippen LogP) is 1.68. The number of hydrogen-bond donors (Lipinski definition) is 1. The van der Waals surface area contributed by atoms with E-state index < -0.39 is 0 Å². The predicted molar refractivity (Wildman–Crippen MR) is 85.6 cm³/mol. The lowest BCUT2D eigenvalue weighted by molar-refractivity contribution is 0.183. The number of aliphatic hydroxyl groups is 1. The lowest BCUT2D eigenvalue weighted by Gasteiger charge is -2.11. The Morgan fingerprint density at radius 1 is 1.48 bits per heavy atom. The molecule has 5 nitrogen and oxygen atoms in total. The molecule has 1 aliphatic rings. The normalized spacial score (nSPS) is 14.0. The van der Waals surface area contributed by atoms with Crippen LogP contribution in [-0.2, 0) is 24.1 Å². The van der Waals surface area contributed by atoms with Crippen LogP contribution in [0.15, 0.2) is 9.95 Å². The minimum Gasteiger partial charge on any atom is -0.396 e. The van der Waals surface area contributed by atoms with Crippen LogP contribution in [0.4, 0.5) is 0 Å². The quantitative estimate of drug-likeness (QED) is 0.646. The molecule has 1 N–H and O–H groups in total. The van der Waals surface area contributed by atoms with Crippen molar-refractivity contribution in [3.8, 4) is 0 Å². The van der Waals surface area contributed by atoms with Crippen LogP contribution < -0.4 is 5.56 Å². The highest BCUT2D eigenvalue weighted by atomic mass is 32.2. The minimum absolute atomic E-state index is 0.0388. The van der Waals surface area contributed by atoms with E-state index in [1.807, 2.05) is 0 Å². The maximum atomic E-state index is 12.8. The molecular weight excluding hydrogens is 308 g/mol. The Balaban J connectivity index is 2.13. The molecule has 0 saturated carbocycles. The van der Waals surface area contributed by atoms with Crippen molar-refractivity contribution in [2.45, 2.75) is 31.0 Å². The molecule has 0 bridgehead atoms. The van der Waals surface area contributed by atoms with Crippen molar-refractivity contribution in [3.05, 3.63) is 20.8 Å². The van der Waals surface area contributed by atoms with Gasteiger partial charge in [-0.3, -0.25) is 9.36 Å². The monoisotopic (exact) mass is 326 g/mol. The number of hydrogen-bond acceptors (Lipinski definition) is 6. The number of aryl methyl sites for hydroxylation is 2. The Morgan fingerprint density at radius 3 is 3.10 bits per heavy atom. The van der Waals surface area contributed by atoms with Crippen LogP contribution in [0.3, 0.4) is 0 Å². The Labute approximate surface area is 131 Å². The number of methoxy groups -OCH3 is 1. The molecule has 7 heteroatoms. The summed E-state index contributed by atoms with van der Waals surface area (Å²) in [6, 6.07) is 0. The molecule has 2 aromatic rings. The summed E-state index contributed by atoms with van der Waals surface area (Å²) >= 11 is 3.07. The summed E-state index contributed by atoms with van der Waals surface area (Å²) in [5.74, 6) is 0.538. The van der Waals surface area contributed by atoms with Gasteiger partial charge in [0.2, 0.25) is 0 Å². The zero-order valence-corrected chi connectivity index (χ0v) is 13.6. The van der Waals surface area contributed by atoms with E-state index >= 15 is 0 Å². The van der Waals surface area contributed by atoms with Gasteiger partial charge in [0.05, 0.1) is 25.1 Å². The summed E-state index contributed by atoms with van der Waals surface area (Å²) in [7, 11) is 1.62. The molecule has 0 amide bonds. The molecule has 0 saturated heterocycles. The van der Waals surface area contributed by atoms with Gasteiger partial charge in [-0.25, -0.2) is 4.98 Å². The van der Waals surface area contributed by atoms with E-state index in [0.29, 0.717) is 24.1 Å². The summed E-state index contributed by atoms with van der Waals surface area (Å²) in [6.07, 6.45) is 3.18. The second-order valence-corrected chi connectivity index (χ2v) is 7.10. The summed E-state index contributed by atoms with van der Waals surface area (Å²) in [5, 5.41) is 10.5. The molecular formula is C14H18N2O3S2. The highest BCUT2D eigenvalue weighted by molar-refractivity contribution is 7.99. The van der Waals surface area contributed by atoms with Gasteiger partial charge in [0.25, 0.3) is 5.56 Å². The van der Waals surface area contributed by atoms with E-state index in [1.54, 1.807) is 23.0 Å². The van der Waals surface area contributed by atoms with Gasteiger partial charge in [0.1, 0.15) is 4.83 Å². The van der Waals surface area contributed by atoms with Crippen LogP contribution in [0, 0.1) is 0 Å². The average Bonchev–Trinajstić information content (AvgIpc) is 3.04. The number of thiophene rings is 1. The van der Waals surface area contributed by atoms with Crippen LogP contribution >= 0.6 is 23.1 Å². The molecule has 0 radical (unpaired) electrons. The summed E-state index contributed by atoms with van der Waals surface area (Å²) in [6.45, 7) is 1.05. The van der Waals surface area contributed by atoms with Gasteiger partial charge in [-0.2, -0.15) is 0 Å². The van der Waals surface area contributed by atoms with Gasteiger partial charge in [-0.05, 0) is 24.8 Å².